The van der Waals surface area contributed by atoms with Gasteiger partial charge in [0.1, 0.15) is 11.2 Å². The predicted octanol–water partition coefficient (Wildman–Crippen LogP) is 16.2. The van der Waals surface area contributed by atoms with Crippen molar-refractivity contribution >= 4 is 92.9 Å². The molecular formula is C56H35NO. The number of anilines is 3. The van der Waals surface area contributed by atoms with Crippen molar-refractivity contribution in [3.05, 3.63) is 212 Å². The molecule has 270 valence electrons. The fourth-order valence-electron chi connectivity index (χ4n) is 8.97. The third-order valence-corrected chi connectivity index (χ3v) is 11.9. The lowest BCUT2D eigenvalue weighted by molar-refractivity contribution is 0.674. The van der Waals surface area contributed by atoms with Crippen LogP contribution in [0, 0.1) is 0 Å². The molecule has 12 rings (SSSR count). The Hall–Kier alpha value is -7.68. The molecule has 0 aliphatic carbocycles. The average molecular weight is 738 g/mol. The van der Waals surface area contributed by atoms with Gasteiger partial charge in [0.2, 0.25) is 0 Å². The first-order valence-electron chi connectivity index (χ1n) is 19.9. The van der Waals surface area contributed by atoms with Crippen molar-refractivity contribution in [2.45, 2.75) is 0 Å². The predicted molar refractivity (Wildman–Crippen MR) is 247 cm³/mol. The molecule has 0 saturated heterocycles. The lowest BCUT2D eigenvalue weighted by atomic mass is 9.93. The summed E-state index contributed by atoms with van der Waals surface area (Å²) in [5.74, 6) is 0. The molecule has 0 unspecified atom stereocenters. The SMILES string of the molecule is c1ccc2cc(-c3cc(-c4ccc5cc(N(c6ccc7ccccc7c6)c6ccc7ccccc7c6)ccc5c4)c4oc5c6ccccc6ccc5c4c3)ccc2c1. The van der Waals surface area contributed by atoms with Crippen LogP contribution in [0.5, 0.6) is 0 Å². The van der Waals surface area contributed by atoms with Gasteiger partial charge in [-0.1, -0.05) is 146 Å². The van der Waals surface area contributed by atoms with E-state index in [-0.39, 0.29) is 0 Å². The van der Waals surface area contributed by atoms with Gasteiger partial charge in [0.05, 0.1) is 0 Å². The molecule has 0 radical (unpaired) electrons. The quantitative estimate of drug-likeness (QED) is 0.175. The summed E-state index contributed by atoms with van der Waals surface area (Å²) in [5, 5.41) is 14.3. The van der Waals surface area contributed by atoms with Gasteiger partial charge in [-0.3, -0.25) is 0 Å². The van der Waals surface area contributed by atoms with Crippen LogP contribution in [0.4, 0.5) is 17.1 Å². The molecule has 2 heteroatoms. The van der Waals surface area contributed by atoms with Crippen LogP contribution in [0.2, 0.25) is 0 Å². The van der Waals surface area contributed by atoms with Gasteiger partial charge in [0.15, 0.2) is 0 Å². The fraction of sp³-hybridized carbons (Fsp3) is 0. The Bertz CT molecular complexity index is 3510. The van der Waals surface area contributed by atoms with Crippen LogP contribution in [0.25, 0.3) is 98.1 Å². The second-order valence-corrected chi connectivity index (χ2v) is 15.4. The summed E-state index contributed by atoms with van der Waals surface area (Å²) in [6, 6.07) is 77.2. The van der Waals surface area contributed by atoms with E-state index in [1.54, 1.807) is 0 Å². The molecule has 1 heterocycles. The first-order chi connectivity index (χ1) is 28.7. The van der Waals surface area contributed by atoms with Crippen molar-refractivity contribution in [3.63, 3.8) is 0 Å². The van der Waals surface area contributed by atoms with Gasteiger partial charge in [-0.25, -0.2) is 0 Å². The first-order valence-corrected chi connectivity index (χ1v) is 19.9. The van der Waals surface area contributed by atoms with Crippen molar-refractivity contribution in [2.75, 3.05) is 4.90 Å². The minimum absolute atomic E-state index is 0.908. The van der Waals surface area contributed by atoms with E-state index in [0.29, 0.717) is 0 Å². The minimum atomic E-state index is 0.908. The summed E-state index contributed by atoms with van der Waals surface area (Å²) in [6.07, 6.45) is 0. The maximum atomic E-state index is 6.93. The molecule has 0 N–H and O–H groups in total. The number of hydrogen-bond acceptors (Lipinski definition) is 2. The highest BCUT2D eigenvalue weighted by molar-refractivity contribution is 6.18. The van der Waals surface area contributed by atoms with Gasteiger partial charge in [-0.2, -0.15) is 0 Å². The van der Waals surface area contributed by atoms with Crippen LogP contribution < -0.4 is 4.90 Å². The average Bonchev–Trinajstić information content (AvgIpc) is 3.68. The Morgan fingerprint density at radius 3 is 1.36 bits per heavy atom. The van der Waals surface area contributed by atoms with Gasteiger partial charge < -0.3 is 9.32 Å². The maximum Gasteiger partial charge on any atom is 0.143 e. The molecular weight excluding hydrogens is 703 g/mol. The molecule has 0 aliphatic rings. The van der Waals surface area contributed by atoms with E-state index in [1.165, 1.54) is 59.6 Å². The highest BCUT2D eigenvalue weighted by atomic mass is 16.3. The second kappa shape index (κ2) is 12.9. The minimum Gasteiger partial charge on any atom is -0.455 e. The van der Waals surface area contributed by atoms with Gasteiger partial charge >= 0.3 is 0 Å². The second-order valence-electron chi connectivity index (χ2n) is 15.4. The normalized spacial score (nSPS) is 11.8. The van der Waals surface area contributed by atoms with Gasteiger partial charge in [0, 0.05) is 38.8 Å². The number of rotatable bonds is 5. The largest absolute Gasteiger partial charge is 0.455 e. The lowest BCUT2D eigenvalue weighted by Gasteiger charge is -2.26. The van der Waals surface area contributed by atoms with Gasteiger partial charge in [0.25, 0.3) is 0 Å². The van der Waals surface area contributed by atoms with Crippen molar-refractivity contribution in [3.8, 4) is 22.3 Å². The van der Waals surface area contributed by atoms with Gasteiger partial charge in [-0.15, -0.1) is 0 Å². The van der Waals surface area contributed by atoms with E-state index in [0.717, 1.165) is 55.5 Å². The molecule has 1 aromatic heterocycles. The van der Waals surface area contributed by atoms with E-state index in [2.05, 4.69) is 217 Å². The Morgan fingerprint density at radius 1 is 0.259 bits per heavy atom. The standard InChI is InChI=1S/C56H35NO/c1-4-13-40-29-44(18-17-36(40)9-1)47-34-53(56-54(35-47)52-28-24-39-12-7-8-16-51(39)55(52)58-56)46-20-19-45-33-50(27-23-43(45)30-46)57(48-25-21-37-10-2-5-14-41(37)31-48)49-26-22-38-11-3-6-15-42(38)32-49/h1-35H. The summed E-state index contributed by atoms with van der Waals surface area (Å²) in [4.78, 5) is 2.38. The third kappa shape index (κ3) is 5.34. The maximum absolute atomic E-state index is 6.93. The molecule has 12 aromatic rings. The van der Waals surface area contributed by atoms with Crippen molar-refractivity contribution in [1.82, 2.24) is 0 Å². The third-order valence-electron chi connectivity index (χ3n) is 11.9. The molecule has 0 aliphatic heterocycles. The van der Waals surface area contributed by atoms with Gasteiger partial charge in [-0.05, 0) is 132 Å². The van der Waals surface area contributed by atoms with Crippen LogP contribution in [-0.4, -0.2) is 0 Å². The van der Waals surface area contributed by atoms with Crippen LogP contribution in [0.1, 0.15) is 0 Å². The zero-order valence-corrected chi connectivity index (χ0v) is 31.6. The smallest absolute Gasteiger partial charge is 0.143 e. The molecule has 0 atom stereocenters. The zero-order chi connectivity index (χ0) is 38.2. The van der Waals surface area contributed by atoms with Crippen LogP contribution in [0.3, 0.4) is 0 Å². The summed E-state index contributed by atoms with van der Waals surface area (Å²) < 4.78 is 6.93. The fourth-order valence-corrected chi connectivity index (χ4v) is 8.97. The number of hydrogen-bond donors (Lipinski definition) is 0. The summed E-state index contributed by atoms with van der Waals surface area (Å²) in [7, 11) is 0. The number of nitrogens with zero attached hydrogens (tertiary/aromatic N) is 1. The Balaban J connectivity index is 1.03. The van der Waals surface area contributed by atoms with E-state index in [4.69, 9.17) is 4.42 Å². The summed E-state index contributed by atoms with van der Waals surface area (Å²) >= 11 is 0. The molecule has 11 aromatic carbocycles. The molecule has 58 heavy (non-hydrogen) atoms. The van der Waals surface area contributed by atoms with Crippen LogP contribution in [-0.2, 0) is 0 Å². The Morgan fingerprint density at radius 2 is 0.707 bits per heavy atom. The molecule has 2 nitrogen and oxygen atoms in total. The summed E-state index contributed by atoms with van der Waals surface area (Å²) in [5.41, 5.74) is 9.74. The summed E-state index contributed by atoms with van der Waals surface area (Å²) in [6.45, 7) is 0. The highest BCUT2D eigenvalue weighted by Gasteiger charge is 2.19. The molecule has 0 bridgehead atoms. The van der Waals surface area contributed by atoms with E-state index in [9.17, 15) is 0 Å². The monoisotopic (exact) mass is 737 g/mol. The number of furan rings is 1. The van der Waals surface area contributed by atoms with Crippen LogP contribution in [0.15, 0.2) is 217 Å². The zero-order valence-electron chi connectivity index (χ0n) is 31.6. The number of fused-ring (bicyclic) bond motifs is 9. The van der Waals surface area contributed by atoms with E-state index in [1.807, 2.05) is 0 Å². The Kier molecular flexibility index (Phi) is 7.26. The van der Waals surface area contributed by atoms with Crippen molar-refractivity contribution in [2.24, 2.45) is 0 Å². The lowest BCUT2D eigenvalue weighted by Crippen LogP contribution is -2.10. The van der Waals surface area contributed by atoms with E-state index >= 15 is 0 Å². The highest BCUT2D eigenvalue weighted by Crippen LogP contribution is 2.44. The Labute approximate surface area is 335 Å². The molecule has 0 spiro atoms. The topological polar surface area (TPSA) is 16.4 Å². The van der Waals surface area contributed by atoms with Crippen molar-refractivity contribution in [1.29, 1.82) is 0 Å². The first kappa shape index (κ1) is 32.6. The van der Waals surface area contributed by atoms with Crippen LogP contribution >= 0.6 is 0 Å². The molecule has 0 saturated carbocycles. The molecule has 0 fully saturated rings. The number of benzene rings is 11. The van der Waals surface area contributed by atoms with Crippen molar-refractivity contribution < 1.29 is 4.42 Å². The van der Waals surface area contributed by atoms with E-state index < -0.39 is 0 Å². The molecule has 0 amide bonds.